The highest BCUT2D eigenvalue weighted by Gasteiger charge is 2.27. The number of alkyl halides is 3. The molecule has 1 atom stereocenters. The summed E-state index contributed by atoms with van der Waals surface area (Å²) in [7, 11) is 0. The highest BCUT2D eigenvalue weighted by molar-refractivity contribution is 5.77. The van der Waals surface area contributed by atoms with Crippen LogP contribution in [-0.2, 0) is 9.53 Å². The van der Waals surface area contributed by atoms with Crippen LogP contribution in [0.1, 0.15) is 13.8 Å². The van der Waals surface area contributed by atoms with Gasteiger partial charge in [0.15, 0.2) is 0 Å². The second-order valence-electron chi connectivity index (χ2n) is 3.82. The van der Waals surface area contributed by atoms with E-state index < -0.39 is 25.3 Å². The van der Waals surface area contributed by atoms with Crippen LogP contribution >= 0.6 is 0 Å². The van der Waals surface area contributed by atoms with Crippen molar-refractivity contribution < 1.29 is 22.7 Å². The molecule has 0 aromatic carbocycles. The number of hydrogen-bond acceptors (Lipinski definition) is 3. The van der Waals surface area contributed by atoms with Crippen molar-refractivity contribution in [3.8, 4) is 0 Å². The van der Waals surface area contributed by atoms with E-state index >= 15 is 0 Å². The highest BCUT2D eigenvalue weighted by Crippen LogP contribution is 2.13. The fraction of sp³-hybridized carbons (Fsp3) is 0.889. The zero-order valence-corrected chi connectivity index (χ0v) is 9.30. The Hall–Kier alpha value is -0.820. The van der Waals surface area contributed by atoms with E-state index in [1.54, 1.807) is 0 Å². The van der Waals surface area contributed by atoms with Crippen LogP contribution in [-0.4, -0.2) is 37.9 Å². The van der Waals surface area contributed by atoms with Crippen LogP contribution in [0, 0.1) is 5.92 Å². The zero-order valence-electron chi connectivity index (χ0n) is 9.30. The summed E-state index contributed by atoms with van der Waals surface area (Å²) in [4.78, 5) is 11.0. The molecule has 0 aliphatic rings. The first-order valence-electron chi connectivity index (χ1n) is 4.89. The summed E-state index contributed by atoms with van der Waals surface area (Å²) >= 11 is 0. The number of rotatable bonds is 6. The predicted molar refractivity (Wildman–Crippen MR) is 52.7 cm³/mol. The molecule has 0 radical (unpaired) electrons. The number of carbonyl (C=O) groups is 1. The van der Waals surface area contributed by atoms with Crippen LogP contribution in [0.5, 0.6) is 0 Å². The number of halogens is 3. The van der Waals surface area contributed by atoms with Gasteiger partial charge in [-0.1, -0.05) is 13.8 Å². The lowest BCUT2D eigenvalue weighted by Gasteiger charge is -2.16. The topological polar surface area (TPSA) is 64.3 Å². The molecule has 4 nitrogen and oxygen atoms in total. The summed E-state index contributed by atoms with van der Waals surface area (Å²) in [6.07, 6.45) is -4.41. The van der Waals surface area contributed by atoms with E-state index in [-0.39, 0.29) is 18.5 Å². The lowest BCUT2D eigenvalue weighted by molar-refractivity contribution is -0.175. The van der Waals surface area contributed by atoms with Gasteiger partial charge in [-0.05, 0) is 5.92 Å². The van der Waals surface area contributed by atoms with E-state index in [0.717, 1.165) is 0 Å². The third-order valence-electron chi connectivity index (χ3n) is 1.89. The van der Waals surface area contributed by atoms with E-state index in [1.165, 1.54) is 0 Å². The third kappa shape index (κ3) is 8.49. The van der Waals surface area contributed by atoms with Crippen LogP contribution in [0.2, 0.25) is 0 Å². The molecule has 16 heavy (non-hydrogen) atoms. The first-order chi connectivity index (χ1) is 7.22. The molecule has 3 N–H and O–H groups in total. The quantitative estimate of drug-likeness (QED) is 0.719. The van der Waals surface area contributed by atoms with Crippen LogP contribution in [0.3, 0.4) is 0 Å². The van der Waals surface area contributed by atoms with Gasteiger partial charge in [0.25, 0.3) is 0 Å². The Balaban J connectivity index is 3.60. The second-order valence-corrected chi connectivity index (χ2v) is 3.82. The summed E-state index contributed by atoms with van der Waals surface area (Å²) in [6.45, 7) is 1.97. The largest absolute Gasteiger partial charge is 0.411 e. The van der Waals surface area contributed by atoms with Crippen molar-refractivity contribution in [1.82, 2.24) is 5.32 Å². The van der Waals surface area contributed by atoms with Crippen molar-refractivity contribution >= 4 is 5.91 Å². The Labute approximate surface area is 92.3 Å². The Morgan fingerprint density at radius 1 is 1.44 bits per heavy atom. The molecule has 0 rings (SSSR count). The van der Waals surface area contributed by atoms with Crippen LogP contribution < -0.4 is 11.1 Å². The molecule has 0 spiro atoms. The lowest BCUT2D eigenvalue weighted by Crippen LogP contribution is -2.41. The van der Waals surface area contributed by atoms with Crippen LogP contribution in [0.15, 0.2) is 0 Å². The van der Waals surface area contributed by atoms with Crippen LogP contribution in [0.4, 0.5) is 13.2 Å². The number of hydrogen-bond donors (Lipinski definition) is 2. The zero-order chi connectivity index (χ0) is 12.8. The number of ether oxygens (including phenoxy) is 1. The summed E-state index contributed by atoms with van der Waals surface area (Å²) in [6, 6.07) is -0.216. The second kappa shape index (κ2) is 6.70. The molecule has 1 amide bonds. The molecule has 0 bridgehead atoms. The molecular formula is C9H17F3N2O2. The maximum atomic E-state index is 11.6. The summed E-state index contributed by atoms with van der Waals surface area (Å²) in [5.41, 5.74) is 5.63. The van der Waals surface area contributed by atoms with Crippen molar-refractivity contribution in [3.63, 3.8) is 0 Å². The molecule has 0 heterocycles. The van der Waals surface area contributed by atoms with E-state index in [4.69, 9.17) is 5.73 Å². The fourth-order valence-electron chi connectivity index (χ4n) is 0.778. The van der Waals surface area contributed by atoms with Gasteiger partial charge >= 0.3 is 6.18 Å². The van der Waals surface area contributed by atoms with Gasteiger partial charge in [0.05, 0.1) is 0 Å². The SMILES string of the molecule is CC(C)C(N)CNC(=O)COCC(F)(F)F. The van der Waals surface area contributed by atoms with Gasteiger partial charge in [-0.3, -0.25) is 4.79 Å². The molecule has 7 heteroatoms. The van der Waals surface area contributed by atoms with Gasteiger partial charge in [0, 0.05) is 12.6 Å². The summed E-state index contributed by atoms with van der Waals surface area (Å²) in [5.74, 6) is -0.406. The smallest absolute Gasteiger partial charge is 0.362 e. The average molecular weight is 242 g/mol. The van der Waals surface area contributed by atoms with Crippen molar-refractivity contribution in [2.45, 2.75) is 26.1 Å². The van der Waals surface area contributed by atoms with Gasteiger partial charge in [-0.2, -0.15) is 13.2 Å². The van der Waals surface area contributed by atoms with Gasteiger partial charge in [0.2, 0.25) is 5.91 Å². The summed E-state index contributed by atoms with van der Waals surface area (Å²) in [5, 5.41) is 2.39. The maximum absolute atomic E-state index is 11.6. The number of nitrogens with one attached hydrogen (secondary N) is 1. The van der Waals surface area contributed by atoms with Crippen LogP contribution in [0.25, 0.3) is 0 Å². The van der Waals surface area contributed by atoms with Crippen molar-refractivity contribution in [3.05, 3.63) is 0 Å². The van der Waals surface area contributed by atoms with E-state index in [1.807, 2.05) is 13.8 Å². The van der Waals surface area contributed by atoms with Crippen molar-refractivity contribution in [1.29, 1.82) is 0 Å². The fourth-order valence-corrected chi connectivity index (χ4v) is 0.778. The van der Waals surface area contributed by atoms with Gasteiger partial charge in [-0.25, -0.2) is 0 Å². The van der Waals surface area contributed by atoms with Crippen molar-refractivity contribution in [2.75, 3.05) is 19.8 Å². The molecule has 96 valence electrons. The van der Waals surface area contributed by atoms with E-state index in [2.05, 4.69) is 10.1 Å². The first kappa shape index (κ1) is 15.2. The molecular weight excluding hydrogens is 225 g/mol. The molecule has 1 unspecified atom stereocenters. The number of nitrogens with two attached hydrogens (primary N) is 1. The third-order valence-corrected chi connectivity index (χ3v) is 1.89. The first-order valence-corrected chi connectivity index (χ1v) is 4.89. The van der Waals surface area contributed by atoms with Gasteiger partial charge < -0.3 is 15.8 Å². The minimum absolute atomic E-state index is 0.191. The van der Waals surface area contributed by atoms with Crippen molar-refractivity contribution in [2.24, 2.45) is 11.7 Å². The molecule has 0 fully saturated rings. The van der Waals surface area contributed by atoms with E-state index in [0.29, 0.717) is 0 Å². The molecule has 0 saturated carbocycles. The number of amides is 1. The minimum atomic E-state index is -4.41. The Morgan fingerprint density at radius 2 is 2.00 bits per heavy atom. The van der Waals surface area contributed by atoms with E-state index in [9.17, 15) is 18.0 Å². The molecule has 0 aromatic rings. The molecule has 0 saturated heterocycles. The normalized spacial score (nSPS) is 13.9. The Kier molecular flexibility index (Phi) is 6.35. The molecule has 0 aliphatic heterocycles. The lowest BCUT2D eigenvalue weighted by atomic mass is 10.1. The van der Waals surface area contributed by atoms with Gasteiger partial charge in [-0.15, -0.1) is 0 Å². The maximum Gasteiger partial charge on any atom is 0.411 e. The highest BCUT2D eigenvalue weighted by atomic mass is 19.4. The summed E-state index contributed by atoms with van der Waals surface area (Å²) < 4.78 is 39.1. The minimum Gasteiger partial charge on any atom is -0.362 e. The Morgan fingerprint density at radius 3 is 2.44 bits per heavy atom. The molecule has 0 aliphatic carbocycles. The van der Waals surface area contributed by atoms with Gasteiger partial charge in [0.1, 0.15) is 13.2 Å². The number of carbonyl (C=O) groups excluding carboxylic acids is 1. The molecule has 0 aromatic heterocycles. The predicted octanol–water partition coefficient (Wildman–Crippen LogP) is 0.665. The average Bonchev–Trinajstić information content (AvgIpc) is 2.11. The monoisotopic (exact) mass is 242 g/mol. The standard InChI is InChI=1S/C9H17F3N2O2/c1-6(2)7(13)3-14-8(15)4-16-5-9(10,11)12/h6-7H,3-5,13H2,1-2H3,(H,14,15). The Bertz CT molecular complexity index is 219.